The Morgan fingerprint density at radius 3 is 2.80 bits per heavy atom. The van der Waals surface area contributed by atoms with Crippen LogP contribution in [0.15, 0.2) is 28.0 Å². The minimum absolute atomic E-state index is 0.792. The van der Waals surface area contributed by atoms with Crippen molar-refractivity contribution < 1.29 is 4.42 Å². The van der Waals surface area contributed by atoms with Crippen molar-refractivity contribution in [3.8, 4) is 0 Å². The zero-order valence-electron chi connectivity index (χ0n) is 8.42. The van der Waals surface area contributed by atoms with Gasteiger partial charge in [0, 0.05) is 11.4 Å². The molecule has 0 unspecified atom stereocenters. The Bertz CT molecular complexity index is 435. The van der Waals surface area contributed by atoms with Crippen molar-refractivity contribution in [1.82, 2.24) is 5.32 Å². The van der Waals surface area contributed by atoms with Crippen molar-refractivity contribution in [2.24, 2.45) is 0 Å². The van der Waals surface area contributed by atoms with Crippen LogP contribution in [0.2, 0.25) is 0 Å². The van der Waals surface area contributed by atoms with Crippen molar-refractivity contribution in [1.29, 1.82) is 0 Å². The van der Waals surface area contributed by atoms with Crippen LogP contribution in [0.25, 0.3) is 0 Å². The largest absolute Gasteiger partial charge is 0.454 e. The highest BCUT2D eigenvalue weighted by Crippen LogP contribution is 2.15. The van der Waals surface area contributed by atoms with Gasteiger partial charge in [-0.25, -0.2) is 0 Å². The second kappa shape index (κ2) is 5.14. The first-order valence-corrected chi connectivity index (χ1v) is 6.69. The van der Waals surface area contributed by atoms with E-state index in [0.717, 1.165) is 22.6 Å². The molecule has 2 nitrogen and oxygen atoms in total. The maximum absolute atomic E-state index is 5.46. The molecular weight excluding hydrogens is 321 g/mol. The van der Waals surface area contributed by atoms with Crippen LogP contribution in [0.5, 0.6) is 0 Å². The molecule has 0 amide bonds. The Morgan fingerprint density at radius 2 is 2.20 bits per heavy atom. The molecule has 0 spiro atoms. The van der Waals surface area contributed by atoms with Gasteiger partial charge in [0.25, 0.3) is 0 Å². The summed E-state index contributed by atoms with van der Waals surface area (Å²) >= 11 is 3.97. The van der Waals surface area contributed by atoms with Gasteiger partial charge in [-0.15, -0.1) is 11.3 Å². The van der Waals surface area contributed by atoms with E-state index in [-0.39, 0.29) is 0 Å². The molecule has 0 fully saturated rings. The van der Waals surface area contributed by atoms with Crippen molar-refractivity contribution in [2.75, 3.05) is 0 Å². The first kappa shape index (κ1) is 11.2. The maximum atomic E-state index is 5.46. The van der Waals surface area contributed by atoms with Gasteiger partial charge in [0.15, 0.2) is 3.77 Å². The van der Waals surface area contributed by atoms with Crippen molar-refractivity contribution in [2.45, 2.75) is 20.0 Å². The zero-order valence-corrected chi connectivity index (χ0v) is 11.4. The fraction of sp³-hybridized carbons (Fsp3) is 0.273. The Hall–Kier alpha value is -0.330. The van der Waals surface area contributed by atoms with E-state index in [9.17, 15) is 0 Å². The van der Waals surface area contributed by atoms with Gasteiger partial charge < -0.3 is 9.73 Å². The molecule has 0 bridgehead atoms. The minimum atomic E-state index is 0.792. The highest BCUT2D eigenvalue weighted by Gasteiger charge is 2.01. The predicted octanol–water partition coefficient (Wildman–Crippen LogP) is 3.54. The number of halogens is 1. The summed E-state index contributed by atoms with van der Waals surface area (Å²) in [6.07, 6.45) is 0. The first-order chi connectivity index (χ1) is 7.25. The first-order valence-electron chi connectivity index (χ1n) is 4.73. The Labute approximate surface area is 107 Å². The van der Waals surface area contributed by atoms with E-state index in [1.54, 1.807) is 11.3 Å². The topological polar surface area (TPSA) is 25.2 Å². The Morgan fingerprint density at radius 1 is 1.33 bits per heavy atom. The fourth-order valence-electron chi connectivity index (χ4n) is 1.33. The average Bonchev–Trinajstić information content (AvgIpc) is 2.77. The third kappa shape index (κ3) is 3.06. The van der Waals surface area contributed by atoms with Crippen molar-refractivity contribution in [3.05, 3.63) is 43.5 Å². The van der Waals surface area contributed by atoms with E-state index >= 15 is 0 Å². The smallest absolute Gasteiger partial charge is 0.164 e. The van der Waals surface area contributed by atoms with Crippen LogP contribution in [0.3, 0.4) is 0 Å². The molecule has 2 rings (SSSR count). The van der Waals surface area contributed by atoms with Gasteiger partial charge >= 0.3 is 0 Å². The molecule has 2 aromatic rings. The molecule has 0 aromatic carbocycles. The lowest BCUT2D eigenvalue weighted by Gasteiger charge is -2.01. The van der Waals surface area contributed by atoms with E-state index in [2.05, 4.69) is 46.3 Å². The number of hydrogen-bond acceptors (Lipinski definition) is 3. The number of rotatable bonds is 4. The lowest BCUT2D eigenvalue weighted by atomic mass is 10.3. The van der Waals surface area contributed by atoms with Crippen LogP contribution in [-0.4, -0.2) is 0 Å². The van der Waals surface area contributed by atoms with E-state index in [1.165, 1.54) is 10.4 Å². The van der Waals surface area contributed by atoms with Crippen molar-refractivity contribution in [3.63, 3.8) is 0 Å². The van der Waals surface area contributed by atoms with Crippen LogP contribution in [-0.2, 0) is 13.1 Å². The summed E-state index contributed by atoms with van der Waals surface area (Å²) in [6, 6.07) is 6.14. The molecule has 0 atom stereocenters. The molecule has 4 heteroatoms. The molecule has 0 aliphatic heterocycles. The van der Waals surface area contributed by atoms with E-state index in [4.69, 9.17) is 4.42 Å². The maximum Gasteiger partial charge on any atom is 0.164 e. The standard InChI is InChI=1S/C11H12INOS/c1-8-4-5-15-10(8)7-13-6-9-2-3-11(12)14-9/h2-5,13H,6-7H2,1H3. The monoisotopic (exact) mass is 333 g/mol. The summed E-state index contributed by atoms with van der Waals surface area (Å²) in [7, 11) is 0. The Kier molecular flexibility index (Phi) is 3.82. The number of aryl methyl sites for hydroxylation is 1. The molecule has 0 saturated carbocycles. The van der Waals surface area contributed by atoms with Crippen LogP contribution in [0.1, 0.15) is 16.2 Å². The molecule has 0 saturated heterocycles. The van der Waals surface area contributed by atoms with Gasteiger partial charge in [-0.3, -0.25) is 0 Å². The molecular formula is C11H12INOS. The summed E-state index contributed by atoms with van der Waals surface area (Å²) < 4.78 is 6.40. The van der Waals surface area contributed by atoms with Crippen LogP contribution >= 0.6 is 33.9 Å². The molecule has 0 radical (unpaired) electrons. The van der Waals surface area contributed by atoms with Gasteiger partial charge in [-0.2, -0.15) is 0 Å². The summed E-state index contributed by atoms with van der Waals surface area (Å²) in [5.74, 6) is 0.994. The Balaban J connectivity index is 1.83. The quantitative estimate of drug-likeness (QED) is 0.866. The fourth-order valence-corrected chi connectivity index (χ4v) is 2.67. The van der Waals surface area contributed by atoms with E-state index in [1.807, 2.05) is 12.1 Å². The number of nitrogens with one attached hydrogen (secondary N) is 1. The highest BCUT2D eigenvalue weighted by molar-refractivity contribution is 14.1. The van der Waals surface area contributed by atoms with E-state index < -0.39 is 0 Å². The third-order valence-corrected chi connectivity index (χ3v) is 3.78. The second-order valence-electron chi connectivity index (χ2n) is 3.34. The molecule has 1 N–H and O–H groups in total. The molecule has 2 aromatic heterocycles. The van der Waals surface area contributed by atoms with E-state index in [0.29, 0.717) is 0 Å². The van der Waals surface area contributed by atoms with Crippen LogP contribution in [0.4, 0.5) is 0 Å². The molecule has 15 heavy (non-hydrogen) atoms. The lowest BCUT2D eigenvalue weighted by Crippen LogP contribution is -2.11. The summed E-state index contributed by atoms with van der Waals surface area (Å²) in [4.78, 5) is 1.40. The summed E-state index contributed by atoms with van der Waals surface area (Å²) in [5, 5.41) is 5.50. The normalized spacial score (nSPS) is 10.8. The number of thiophene rings is 1. The number of furan rings is 1. The summed E-state index contributed by atoms with van der Waals surface area (Å²) in [6.45, 7) is 3.85. The highest BCUT2D eigenvalue weighted by atomic mass is 127. The molecule has 0 aliphatic carbocycles. The SMILES string of the molecule is Cc1ccsc1CNCc1ccc(I)o1. The lowest BCUT2D eigenvalue weighted by molar-refractivity contribution is 0.463. The summed E-state index contributed by atoms with van der Waals surface area (Å²) in [5.41, 5.74) is 1.36. The van der Waals surface area contributed by atoms with Gasteiger partial charge in [0.05, 0.1) is 6.54 Å². The molecule has 2 heterocycles. The molecule has 0 aliphatic rings. The second-order valence-corrected chi connectivity index (χ2v) is 5.40. The predicted molar refractivity (Wildman–Crippen MR) is 71.0 cm³/mol. The van der Waals surface area contributed by atoms with Gasteiger partial charge in [-0.1, -0.05) is 0 Å². The number of hydrogen-bond donors (Lipinski definition) is 1. The van der Waals surface area contributed by atoms with Gasteiger partial charge in [-0.05, 0) is 58.7 Å². The van der Waals surface area contributed by atoms with Gasteiger partial charge in [0.1, 0.15) is 5.76 Å². The molecule has 80 valence electrons. The van der Waals surface area contributed by atoms with Crippen molar-refractivity contribution >= 4 is 33.9 Å². The van der Waals surface area contributed by atoms with Crippen LogP contribution in [0, 0.1) is 10.7 Å². The average molecular weight is 333 g/mol. The third-order valence-electron chi connectivity index (χ3n) is 2.18. The van der Waals surface area contributed by atoms with Gasteiger partial charge in [0.2, 0.25) is 0 Å². The zero-order chi connectivity index (χ0) is 10.7. The van der Waals surface area contributed by atoms with Crippen LogP contribution < -0.4 is 5.32 Å². The minimum Gasteiger partial charge on any atom is -0.454 e.